The van der Waals surface area contributed by atoms with Gasteiger partial charge in [0.05, 0.1) is 17.3 Å². The number of nitrogens with two attached hydrogens (primary N) is 1. The summed E-state index contributed by atoms with van der Waals surface area (Å²) in [6, 6.07) is 6.84. The number of H-pyrrole nitrogens is 1. The van der Waals surface area contributed by atoms with E-state index >= 15 is 0 Å². The summed E-state index contributed by atoms with van der Waals surface area (Å²) in [7, 11) is 0. The van der Waals surface area contributed by atoms with Crippen LogP contribution in [0.3, 0.4) is 0 Å². The highest BCUT2D eigenvalue weighted by Crippen LogP contribution is 2.10. The van der Waals surface area contributed by atoms with Gasteiger partial charge in [-0.2, -0.15) is 5.26 Å². The third-order valence-corrected chi connectivity index (χ3v) is 2.04. The zero-order valence-corrected chi connectivity index (χ0v) is 7.24. The number of aromatic amines is 1. The fourth-order valence-electron chi connectivity index (χ4n) is 1.30. The third kappa shape index (κ3) is 1.12. The standard InChI is InChI=1S/C10H7N3O/c11-4-6-1-2-9-7(3-6)10(14)8(12)5-13-9/h1-3,5H,12H2,(H,13,14). The lowest BCUT2D eigenvalue weighted by Crippen LogP contribution is -2.08. The number of anilines is 1. The Morgan fingerprint density at radius 2 is 2.21 bits per heavy atom. The van der Waals surface area contributed by atoms with Gasteiger partial charge in [0.2, 0.25) is 5.43 Å². The first kappa shape index (κ1) is 8.32. The summed E-state index contributed by atoms with van der Waals surface area (Å²) in [6.07, 6.45) is 1.46. The Kier molecular flexibility index (Phi) is 1.72. The lowest BCUT2D eigenvalue weighted by Gasteiger charge is -1.98. The van der Waals surface area contributed by atoms with Crippen LogP contribution in [-0.4, -0.2) is 4.98 Å². The number of nitriles is 1. The fraction of sp³-hybridized carbons (Fsp3) is 0. The van der Waals surface area contributed by atoms with E-state index in [4.69, 9.17) is 11.0 Å². The molecule has 0 saturated heterocycles. The summed E-state index contributed by atoms with van der Waals surface area (Å²) in [5.74, 6) is 0. The zero-order valence-electron chi connectivity index (χ0n) is 7.24. The molecule has 1 aromatic carbocycles. The first-order valence-electron chi connectivity index (χ1n) is 4.03. The van der Waals surface area contributed by atoms with Gasteiger partial charge in [-0.1, -0.05) is 0 Å². The van der Waals surface area contributed by atoms with Crippen LogP contribution in [0.2, 0.25) is 0 Å². The van der Waals surface area contributed by atoms with E-state index in [2.05, 4.69) is 4.98 Å². The Balaban J connectivity index is 2.93. The lowest BCUT2D eigenvalue weighted by atomic mass is 10.1. The summed E-state index contributed by atoms with van der Waals surface area (Å²) in [5.41, 5.74) is 6.51. The molecule has 0 radical (unpaired) electrons. The van der Waals surface area contributed by atoms with Crippen LogP contribution in [0.5, 0.6) is 0 Å². The molecule has 0 aliphatic rings. The molecule has 0 atom stereocenters. The molecule has 0 aliphatic heterocycles. The molecule has 2 aromatic rings. The number of nitrogen functional groups attached to an aromatic ring is 1. The van der Waals surface area contributed by atoms with Crippen molar-refractivity contribution in [3.05, 3.63) is 40.2 Å². The molecule has 0 bridgehead atoms. The van der Waals surface area contributed by atoms with E-state index in [-0.39, 0.29) is 11.1 Å². The topological polar surface area (TPSA) is 82.7 Å². The second kappa shape index (κ2) is 2.89. The van der Waals surface area contributed by atoms with Gasteiger partial charge in [-0.3, -0.25) is 4.79 Å². The Hall–Kier alpha value is -2.28. The van der Waals surface area contributed by atoms with Crippen LogP contribution in [-0.2, 0) is 0 Å². The average molecular weight is 185 g/mol. The van der Waals surface area contributed by atoms with E-state index in [9.17, 15) is 4.79 Å². The van der Waals surface area contributed by atoms with Crippen molar-refractivity contribution < 1.29 is 0 Å². The van der Waals surface area contributed by atoms with Gasteiger partial charge >= 0.3 is 0 Å². The van der Waals surface area contributed by atoms with Crippen molar-refractivity contribution in [2.75, 3.05) is 5.73 Å². The molecule has 1 aromatic heterocycles. The van der Waals surface area contributed by atoms with Crippen molar-refractivity contribution in [2.45, 2.75) is 0 Å². The summed E-state index contributed by atoms with van der Waals surface area (Å²) in [4.78, 5) is 14.4. The molecule has 0 aliphatic carbocycles. The number of rotatable bonds is 0. The predicted molar refractivity (Wildman–Crippen MR) is 53.7 cm³/mol. The van der Waals surface area contributed by atoms with Gasteiger partial charge in [0, 0.05) is 17.1 Å². The first-order valence-corrected chi connectivity index (χ1v) is 4.03. The molecule has 0 amide bonds. The van der Waals surface area contributed by atoms with Gasteiger partial charge in [0.1, 0.15) is 0 Å². The number of pyridine rings is 1. The summed E-state index contributed by atoms with van der Waals surface area (Å²) in [6.45, 7) is 0. The molecule has 68 valence electrons. The minimum absolute atomic E-state index is 0.160. The smallest absolute Gasteiger partial charge is 0.212 e. The van der Waals surface area contributed by atoms with Crippen molar-refractivity contribution in [1.29, 1.82) is 5.26 Å². The average Bonchev–Trinajstić information content (AvgIpc) is 2.23. The van der Waals surface area contributed by atoms with E-state index in [1.807, 2.05) is 6.07 Å². The second-order valence-corrected chi connectivity index (χ2v) is 2.95. The van der Waals surface area contributed by atoms with E-state index in [0.717, 1.165) is 0 Å². The van der Waals surface area contributed by atoms with Crippen molar-refractivity contribution >= 4 is 16.6 Å². The van der Waals surface area contributed by atoms with Crippen LogP contribution >= 0.6 is 0 Å². The van der Waals surface area contributed by atoms with E-state index in [1.165, 1.54) is 12.3 Å². The molecule has 0 spiro atoms. The number of fused-ring (bicyclic) bond motifs is 1. The van der Waals surface area contributed by atoms with Gasteiger partial charge in [-0.15, -0.1) is 0 Å². The normalized spacial score (nSPS) is 9.93. The van der Waals surface area contributed by atoms with Crippen LogP contribution < -0.4 is 11.2 Å². The lowest BCUT2D eigenvalue weighted by molar-refractivity contribution is 1.39. The molecule has 0 unspecified atom stereocenters. The minimum atomic E-state index is -0.240. The monoisotopic (exact) mass is 185 g/mol. The maximum absolute atomic E-state index is 11.5. The Morgan fingerprint density at radius 3 is 2.93 bits per heavy atom. The Morgan fingerprint density at radius 1 is 1.43 bits per heavy atom. The highest BCUT2D eigenvalue weighted by atomic mass is 16.1. The largest absolute Gasteiger partial charge is 0.394 e. The number of hydrogen-bond acceptors (Lipinski definition) is 3. The molecule has 2 rings (SSSR count). The third-order valence-electron chi connectivity index (χ3n) is 2.04. The van der Waals surface area contributed by atoms with E-state index in [0.29, 0.717) is 16.5 Å². The molecular weight excluding hydrogens is 178 g/mol. The first-order chi connectivity index (χ1) is 6.72. The van der Waals surface area contributed by atoms with Crippen LogP contribution in [0.1, 0.15) is 5.56 Å². The van der Waals surface area contributed by atoms with Crippen molar-refractivity contribution in [3.63, 3.8) is 0 Å². The maximum atomic E-state index is 11.5. The molecule has 0 saturated carbocycles. The van der Waals surface area contributed by atoms with Crippen LogP contribution in [0.4, 0.5) is 5.69 Å². The number of benzene rings is 1. The zero-order chi connectivity index (χ0) is 10.1. The molecule has 0 fully saturated rings. The molecular formula is C10H7N3O. The van der Waals surface area contributed by atoms with Crippen molar-refractivity contribution in [3.8, 4) is 6.07 Å². The number of hydrogen-bond donors (Lipinski definition) is 2. The van der Waals surface area contributed by atoms with E-state index < -0.39 is 0 Å². The Bertz CT molecular complexity index is 592. The Labute approximate surface area is 79.6 Å². The number of aromatic nitrogens is 1. The maximum Gasteiger partial charge on any atom is 0.212 e. The van der Waals surface area contributed by atoms with Crippen LogP contribution in [0, 0.1) is 11.3 Å². The molecule has 4 heteroatoms. The van der Waals surface area contributed by atoms with Gasteiger partial charge < -0.3 is 10.7 Å². The minimum Gasteiger partial charge on any atom is -0.394 e. The van der Waals surface area contributed by atoms with Crippen molar-refractivity contribution in [2.24, 2.45) is 0 Å². The molecule has 3 N–H and O–H groups in total. The predicted octanol–water partition coefficient (Wildman–Crippen LogP) is 0.982. The summed E-state index contributed by atoms with van der Waals surface area (Å²) >= 11 is 0. The van der Waals surface area contributed by atoms with Crippen LogP contribution in [0.25, 0.3) is 10.9 Å². The van der Waals surface area contributed by atoms with Crippen molar-refractivity contribution in [1.82, 2.24) is 4.98 Å². The highest BCUT2D eigenvalue weighted by molar-refractivity contribution is 5.82. The van der Waals surface area contributed by atoms with Gasteiger partial charge in [0.25, 0.3) is 0 Å². The van der Waals surface area contributed by atoms with E-state index in [1.54, 1.807) is 12.1 Å². The summed E-state index contributed by atoms with van der Waals surface area (Å²) in [5, 5.41) is 9.11. The fourth-order valence-corrected chi connectivity index (χ4v) is 1.30. The highest BCUT2D eigenvalue weighted by Gasteiger charge is 2.02. The molecule has 14 heavy (non-hydrogen) atoms. The number of nitrogens with zero attached hydrogens (tertiary/aromatic N) is 1. The molecule has 1 heterocycles. The van der Waals surface area contributed by atoms with Crippen LogP contribution in [0.15, 0.2) is 29.2 Å². The summed E-state index contributed by atoms with van der Waals surface area (Å²) < 4.78 is 0. The van der Waals surface area contributed by atoms with Gasteiger partial charge in [-0.05, 0) is 18.2 Å². The van der Waals surface area contributed by atoms with Gasteiger partial charge in [0.15, 0.2) is 0 Å². The quantitative estimate of drug-likeness (QED) is 0.641. The number of nitrogens with one attached hydrogen (secondary N) is 1. The SMILES string of the molecule is N#Cc1ccc2[nH]cc(N)c(=O)c2c1. The molecule has 4 nitrogen and oxygen atoms in total. The van der Waals surface area contributed by atoms with Gasteiger partial charge in [-0.25, -0.2) is 0 Å². The second-order valence-electron chi connectivity index (χ2n) is 2.95.